The van der Waals surface area contributed by atoms with Crippen LogP contribution in [0.2, 0.25) is 0 Å². The maximum Gasteiger partial charge on any atom is 0.246 e. The molecule has 0 saturated carbocycles. The lowest BCUT2D eigenvalue weighted by atomic mass is 9.97. The molecule has 178 valence electrons. The van der Waals surface area contributed by atoms with E-state index in [0.29, 0.717) is 18.9 Å². The van der Waals surface area contributed by atoms with E-state index in [0.717, 1.165) is 29.5 Å². The summed E-state index contributed by atoms with van der Waals surface area (Å²) in [5.74, 6) is 0.464. The van der Waals surface area contributed by atoms with Crippen LogP contribution in [0, 0.1) is 0 Å². The lowest BCUT2D eigenvalue weighted by Gasteiger charge is -2.28. The van der Waals surface area contributed by atoms with Gasteiger partial charge in [0.2, 0.25) is 11.8 Å². The minimum absolute atomic E-state index is 0. The molecule has 0 fully saturated rings. The van der Waals surface area contributed by atoms with Crippen LogP contribution in [0.1, 0.15) is 42.5 Å². The first-order valence-corrected chi connectivity index (χ1v) is 11.4. The number of rotatable bonds is 6. The Morgan fingerprint density at radius 3 is 2.71 bits per heavy atom. The lowest BCUT2D eigenvalue weighted by Crippen LogP contribution is -2.29. The molecule has 0 aliphatic carbocycles. The molecule has 1 N–H and O–H groups in total. The largest absolute Gasteiger partial charge is 0.335 e. The third-order valence-corrected chi connectivity index (χ3v) is 6.05. The molecule has 3 aromatic rings. The molecule has 2 heterocycles. The highest BCUT2D eigenvalue weighted by molar-refractivity contribution is 5.94. The quantitative estimate of drug-likeness (QED) is 0.503. The number of nitrogens with zero attached hydrogens (tertiary/aromatic N) is 3. The van der Waals surface area contributed by atoms with Crippen molar-refractivity contribution in [3.63, 3.8) is 0 Å². The van der Waals surface area contributed by atoms with Crippen LogP contribution in [0.15, 0.2) is 60.8 Å². The zero-order valence-electron chi connectivity index (χ0n) is 19.8. The van der Waals surface area contributed by atoms with Crippen molar-refractivity contribution in [2.24, 2.45) is 0 Å². The molecule has 1 atom stereocenters. The van der Waals surface area contributed by atoms with Crippen LogP contribution in [0.25, 0.3) is 16.8 Å². The van der Waals surface area contributed by atoms with Crippen molar-refractivity contribution in [2.45, 2.75) is 32.4 Å². The monoisotopic (exact) mass is 478 g/mol. The number of hydrogen-bond donors (Lipinski definition) is 1. The molecule has 7 heteroatoms. The summed E-state index contributed by atoms with van der Waals surface area (Å²) in [6.07, 6.45) is 6.95. The molecule has 2 aromatic carbocycles. The summed E-state index contributed by atoms with van der Waals surface area (Å²) < 4.78 is 0. The molecule has 34 heavy (non-hydrogen) atoms. The van der Waals surface area contributed by atoms with E-state index in [9.17, 15) is 9.59 Å². The van der Waals surface area contributed by atoms with E-state index in [1.54, 1.807) is 18.3 Å². The average molecular weight is 479 g/mol. The number of halogens is 1. The van der Waals surface area contributed by atoms with Gasteiger partial charge >= 0.3 is 0 Å². The van der Waals surface area contributed by atoms with Gasteiger partial charge in [-0.2, -0.15) is 0 Å². The minimum Gasteiger partial charge on any atom is -0.335 e. The topological polar surface area (TPSA) is 65.5 Å². The Morgan fingerprint density at radius 1 is 1.18 bits per heavy atom. The number of carbonyl (C=O) groups excluding carboxylic acids is 2. The second-order valence-corrected chi connectivity index (χ2v) is 8.69. The fraction of sp³-hybridized carbons (Fsp3) is 0.296. The highest BCUT2D eigenvalue weighted by Crippen LogP contribution is 2.28. The fourth-order valence-electron chi connectivity index (χ4n) is 4.33. The zero-order valence-corrected chi connectivity index (χ0v) is 20.6. The number of pyridine rings is 1. The van der Waals surface area contributed by atoms with Gasteiger partial charge in [0.15, 0.2) is 0 Å². The van der Waals surface area contributed by atoms with Crippen molar-refractivity contribution >= 4 is 46.9 Å². The van der Waals surface area contributed by atoms with Crippen molar-refractivity contribution in [2.75, 3.05) is 26.0 Å². The van der Waals surface area contributed by atoms with Crippen LogP contribution in [0.5, 0.6) is 0 Å². The predicted molar refractivity (Wildman–Crippen MR) is 140 cm³/mol. The van der Waals surface area contributed by atoms with Gasteiger partial charge in [-0.05, 0) is 53.6 Å². The van der Waals surface area contributed by atoms with Gasteiger partial charge < -0.3 is 10.2 Å². The first-order chi connectivity index (χ1) is 15.9. The van der Waals surface area contributed by atoms with Crippen molar-refractivity contribution in [1.29, 1.82) is 0 Å². The number of fused-ring (bicyclic) bond motifs is 2. The van der Waals surface area contributed by atoms with Crippen LogP contribution in [0.3, 0.4) is 0 Å². The van der Waals surface area contributed by atoms with Gasteiger partial charge in [-0.1, -0.05) is 49.7 Å². The summed E-state index contributed by atoms with van der Waals surface area (Å²) in [5, 5.41) is 5.21. The number of amides is 2. The molecule has 0 radical (unpaired) electrons. The Hall–Kier alpha value is -3.22. The van der Waals surface area contributed by atoms with Gasteiger partial charge in [-0.15, -0.1) is 12.4 Å². The highest BCUT2D eigenvalue weighted by Gasteiger charge is 2.20. The molecule has 6 nitrogen and oxygen atoms in total. The minimum atomic E-state index is -0.0699. The van der Waals surface area contributed by atoms with Gasteiger partial charge in [-0.3, -0.25) is 14.5 Å². The van der Waals surface area contributed by atoms with E-state index in [1.165, 1.54) is 10.8 Å². The smallest absolute Gasteiger partial charge is 0.246 e. The van der Waals surface area contributed by atoms with Gasteiger partial charge in [0.25, 0.3) is 0 Å². The Labute approximate surface area is 207 Å². The second-order valence-electron chi connectivity index (χ2n) is 8.69. The van der Waals surface area contributed by atoms with Gasteiger partial charge in [0.1, 0.15) is 5.82 Å². The molecule has 1 unspecified atom stereocenters. The van der Waals surface area contributed by atoms with E-state index >= 15 is 0 Å². The SMILES string of the molecule is CCCC(c1ccc2ccccc2c1)N(C)C(=O)C=Cc1cnc2c(c1)CN(C)CC(=O)N2.Cl. The van der Waals surface area contributed by atoms with E-state index < -0.39 is 0 Å². The molecule has 0 spiro atoms. The molecule has 0 bridgehead atoms. The van der Waals surface area contributed by atoms with Crippen LogP contribution < -0.4 is 5.32 Å². The van der Waals surface area contributed by atoms with Crippen LogP contribution in [-0.2, 0) is 16.1 Å². The summed E-state index contributed by atoms with van der Waals surface area (Å²) in [6.45, 7) is 3.09. The number of benzene rings is 2. The first-order valence-electron chi connectivity index (χ1n) is 11.4. The maximum atomic E-state index is 13.1. The molecule has 1 aromatic heterocycles. The lowest BCUT2D eigenvalue weighted by molar-refractivity contribution is -0.127. The summed E-state index contributed by atoms with van der Waals surface area (Å²) in [7, 11) is 3.76. The molecule has 1 aliphatic heterocycles. The van der Waals surface area contributed by atoms with E-state index in [4.69, 9.17) is 0 Å². The molecule has 0 saturated heterocycles. The molecule has 4 rings (SSSR count). The Bertz CT molecular complexity index is 1210. The number of aromatic nitrogens is 1. The molecular weight excluding hydrogens is 448 g/mol. The van der Waals surface area contributed by atoms with Gasteiger partial charge in [0, 0.05) is 31.4 Å². The fourth-order valence-corrected chi connectivity index (χ4v) is 4.33. The third kappa shape index (κ3) is 5.82. The number of nitrogens with one attached hydrogen (secondary N) is 1. The van der Waals surface area contributed by atoms with Crippen LogP contribution in [0.4, 0.5) is 5.82 Å². The Morgan fingerprint density at radius 2 is 1.94 bits per heavy atom. The molecule has 1 aliphatic rings. The highest BCUT2D eigenvalue weighted by atomic mass is 35.5. The van der Waals surface area contributed by atoms with Gasteiger partial charge in [0.05, 0.1) is 12.6 Å². The maximum absolute atomic E-state index is 13.1. The zero-order chi connectivity index (χ0) is 23.4. The molecular formula is C27H31ClN4O2. The normalized spacial score (nSPS) is 14.7. The Kier molecular flexibility index (Phi) is 8.42. The number of anilines is 1. The Balaban J connectivity index is 0.00000324. The average Bonchev–Trinajstić information content (AvgIpc) is 2.95. The van der Waals surface area contributed by atoms with Crippen molar-refractivity contribution < 1.29 is 9.59 Å². The number of likely N-dealkylation sites (N-methyl/N-ethyl adjacent to an activating group) is 2. The van der Waals surface area contributed by atoms with Crippen LogP contribution >= 0.6 is 12.4 Å². The summed E-state index contributed by atoms with van der Waals surface area (Å²) in [6, 6.07) is 16.7. The first kappa shape index (κ1) is 25.4. The van der Waals surface area contributed by atoms with Crippen molar-refractivity contribution in [1.82, 2.24) is 14.8 Å². The van der Waals surface area contributed by atoms with Crippen molar-refractivity contribution in [3.05, 3.63) is 77.5 Å². The second kappa shape index (κ2) is 11.3. The summed E-state index contributed by atoms with van der Waals surface area (Å²) >= 11 is 0. The van der Waals surface area contributed by atoms with E-state index in [-0.39, 0.29) is 30.3 Å². The number of carbonyl (C=O) groups is 2. The molecule has 2 amide bonds. The van der Waals surface area contributed by atoms with Crippen molar-refractivity contribution in [3.8, 4) is 0 Å². The predicted octanol–water partition coefficient (Wildman–Crippen LogP) is 5.05. The number of hydrogen-bond acceptors (Lipinski definition) is 4. The van der Waals surface area contributed by atoms with Crippen LogP contribution in [-0.4, -0.2) is 47.2 Å². The standard InChI is InChI=1S/C27H30N4O2.ClH/c1-4-7-24(22-12-11-20-8-5-6-9-21(20)15-22)31(3)26(33)13-10-19-14-23-17-30(2)18-25(32)29-27(23)28-16-19;/h5-6,8-16,24H,4,7,17-18H2,1-3H3,(H,28,29,32);1H. The van der Waals surface area contributed by atoms with E-state index in [2.05, 4.69) is 47.6 Å². The van der Waals surface area contributed by atoms with E-state index in [1.807, 2.05) is 42.1 Å². The van der Waals surface area contributed by atoms with Gasteiger partial charge in [-0.25, -0.2) is 4.98 Å². The summed E-state index contributed by atoms with van der Waals surface area (Å²) in [4.78, 5) is 33.1. The summed E-state index contributed by atoms with van der Waals surface area (Å²) in [5.41, 5.74) is 2.91. The third-order valence-electron chi connectivity index (χ3n) is 6.05.